The van der Waals surface area contributed by atoms with Crippen molar-refractivity contribution in [2.24, 2.45) is 0 Å². The Morgan fingerprint density at radius 3 is 2.69 bits per heavy atom. The van der Waals surface area contributed by atoms with Crippen LogP contribution in [-0.2, 0) is 6.54 Å². The zero-order valence-corrected chi connectivity index (χ0v) is 8.11. The van der Waals surface area contributed by atoms with Crippen LogP contribution in [0.15, 0.2) is 12.4 Å². The van der Waals surface area contributed by atoms with Crippen molar-refractivity contribution in [2.45, 2.75) is 32.9 Å². The van der Waals surface area contributed by atoms with Crippen molar-refractivity contribution in [3.63, 3.8) is 0 Å². The second-order valence-corrected chi connectivity index (χ2v) is 3.80. The quantitative estimate of drug-likeness (QED) is 0.705. The summed E-state index contributed by atoms with van der Waals surface area (Å²) in [6, 6.07) is 0. The smallest absolute Gasteiger partial charge is 0.162 e. The Kier molecular flexibility index (Phi) is 2.52. The Hall–Kier alpha value is -1.16. The normalized spacial score (nSPS) is 11.7. The summed E-state index contributed by atoms with van der Waals surface area (Å²) in [5.74, 6) is -0.0120. The van der Waals surface area contributed by atoms with Crippen LogP contribution in [-0.4, -0.2) is 26.3 Å². The zero-order chi connectivity index (χ0) is 10.1. The molecule has 0 saturated heterocycles. The minimum atomic E-state index is -0.805. The molecule has 1 aromatic rings. The predicted molar refractivity (Wildman–Crippen MR) is 48.5 cm³/mol. The maximum atomic E-state index is 10.9. The van der Waals surface area contributed by atoms with Gasteiger partial charge >= 0.3 is 0 Å². The molecule has 1 aromatic heterocycles. The Labute approximate surface area is 77.2 Å². The average Bonchev–Trinajstić information content (AvgIpc) is 2.31. The topological polar surface area (TPSA) is 55.1 Å². The van der Waals surface area contributed by atoms with Crippen molar-refractivity contribution in [2.75, 3.05) is 0 Å². The molecular weight excluding hydrogens is 168 g/mol. The Balaban J connectivity index is 2.75. The summed E-state index contributed by atoms with van der Waals surface area (Å²) in [5, 5.41) is 13.4. The van der Waals surface area contributed by atoms with Crippen LogP contribution in [0.25, 0.3) is 0 Å². The lowest BCUT2D eigenvalue weighted by molar-refractivity contribution is 0.0576. The highest BCUT2D eigenvalue weighted by Gasteiger charge is 2.14. The second kappa shape index (κ2) is 3.30. The van der Waals surface area contributed by atoms with Gasteiger partial charge in [-0.3, -0.25) is 9.48 Å². The highest BCUT2D eigenvalue weighted by Crippen LogP contribution is 2.06. The molecule has 0 unspecified atom stereocenters. The summed E-state index contributed by atoms with van der Waals surface area (Å²) in [5.41, 5.74) is -0.232. The molecule has 4 heteroatoms. The van der Waals surface area contributed by atoms with Crippen LogP contribution in [0.5, 0.6) is 0 Å². The first-order valence-electron chi connectivity index (χ1n) is 4.14. The standard InChI is InChI=1S/C9H14N2O2/c1-7(12)8-4-10-11(5-8)6-9(2,3)13/h4-5,13H,6H2,1-3H3. The summed E-state index contributed by atoms with van der Waals surface area (Å²) in [6.45, 7) is 5.27. The fraction of sp³-hybridized carbons (Fsp3) is 0.556. The molecule has 72 valence electrons. The van der Waals surface area contributed by atoms with E-state index in [1.54, 1.807) is 24.7 Å². The third-order valence-corrected chi connectivity index (χ3v) is 1.59. The molecule has 0 aliphatic rings. The number of hydrogen-bond acceptors (Lipinski definition) is 3. The van der Waals surface area contributed by atoms with E-state index >= 15 is 0 Å². The van der Waals surface area contributed by atoms with Crippen LogP contribution in [0.1, 0.15) is 31.1 Å². The molecule has 0 saturated carbocycles. The van der Waals surface area contributed by atoms with E-state index in [4.69, 9.17) is 0 Å². The van der Waals surface area contributed by atoms with Gasteiger partial charge in [-0.2, -0.15) is 5.10 Å². The lowest BCUT2D eigenvalue weighted by Gasteiger charge is -2.16. The predicted octanol–water partition coefficient (Wildman–Crippen LogP) is 0.857. The van der Waals surface area contributed by atoms with Crippen LogP contribution >= 0.6 is 0 Å². The Morgan fingerprint density at radius 2 is 2.31 bits per heavy atom. The maximum Gasteiger partial charge on any atom is 0.162 e. The number of aliphatic hydroxyl groups is 1. The van der Waals surface area contributed by atoms with Crippen molar-refractivity contribution in [1.29, 1.82) is 0 Å². The molecule has 0 spiro atoms. The van der Waals surface area contributed by atoms with E-state index in [1.807, 2.05) is 0 Å². The van der Waals surface area contributed by atoms with Crippen LogP contribution < -0.4 is 0 Å². The van der Waals surface area contributed by atoms with Gasteiger partial charge in [-0.1, -0.05) is 0 Å². The fourth-order valence-electron chi connectivity index (χ4n) is 1.03. The zero-order valence-electron chi connectivity index (χ0n) is 8.11. The Morgan fingerprint density at radius 1 is 1.69 bits per heavy atom. The molecule has 0 aliphatic carbocycles. The molecule has 0 aliphatic heterocycles. The van der Waals surface area contributed by atoms with E-state index in [0.29, 0.717) is 12.1 Å². The summed E-state index contributed by atoms with van der Waals surface area (Å²) >= 11 is 0. The van der Waals surface area contributed by atoms with E-state index in [-0.39, 0.29) is 5.78 Å². The Bertz CT molecular complexity index is 310. The number of rotatable bonds is 3. The first-order chi connectivity index (χ1) is 5.88. The number of nitrogens with zero attached hydrogens (tertiary/aromatic N) is 2. The first kappa shape index (κ1) is 9.92. The van der Waals surface area contributed by atoms with Crippen molar-refractivity contribution in [1.82, 2.24) is 9.78 Å². The van der Waals surface area contributed by atoms with Gasteiger partial charge in [0.25, 0.3) is 0 Å². The van der Waals surface area contributed by atoms with E-state index in [1.165, 1.54) is 13.1 Å². The molecule has 0 amide bonds. The average molecular weight is 182 g/mol. The van der Waals surface area contributed by atoms with Gasteiger partial charge in [0.15, 0.2) is 5.78 Å². The monoisotopic (exact) mass is 182 g/mol. The van der Waals surface area contributed by atoms with E-state index < -0.39 is 5.60 Å². The minimum Gasteiger partial charge on any atom is -0.389 e. The molecule has 0 atom stereocenters. The maximum absolute atomic E-state index is 10.9. The van der Waals surface area contributed by atoms with Gasteiger partial charge in [-0.15, -0.1) is 0 Å². The van der Waals surface area contributed by atoms with Gasteiger partial charge in [-0.05, 0) is 20.8 Å². The highest BCUT2D eigenvalue weighted by molar-refractivity contribution is 5.93. The summed E-state index contributed by atoms with van der Waals surface area (Å²) in [7, 11) is 0. The largest absolute Gasteiger partial charge is 0.389 e. The summed E-state index contributed by atoms with van der Waals surface area (Å²) in [6.07, 6.45) is 3.15. The number of aromatic nitrogens is 2. The molecule has 0 radical (unpaired) electrons. The summed E-state index contributed by atoms with van der Waals surface area (Å²) in [4.78, 5) is 10.9. The number of carbonyl (C=O) groups is 1. The van der Waals surface area contributed by atoms with Crippen molar-refractivity contribution >= 4 is 5.78 Å². The number of Topliss-reactive ketones (excluding diaryl/α,β-unsaturated/α-hetero) is 1. The van der Waals surface area contributed by atoms with Crippen LogP contribution in [0.2, 0.25) is 0 Å². The van der Waals surface area contributed by atoms with Crippen molar-refractivity contribution in [3.8, 4) is 0 Å². The van der Waals surface area contributed by atoms with Crippen LogP contribution in [0.3, 0.4) is 0 Å². The molecule has 0 bridgehead atoms. The SMILES string of the molecule is CC(=O)c1cnn(CC(C)(C)O)c1. The third kappa shape index (κ3) is 2.99. The lowest BCUT2D eigenvalue weighted by Crippen LogP contribution is -2.26. The lowest BCUT2D eigenvalue weighted by atomic mass is 10.1. The van der Waals surface area contributed by atoms with Gasteiger partial charge in [0.05, 0.1) is 23.9 Å². The number of hydrogen-bond donors (Lipinski definition) is 1. The molecule has 1 rings (SSSR count). The van der Waals surface area contributed by atoms with E-state index in [9.17, 15) is 9.90 Å². The molecular formula is C9H14N2O2. The van der Waals surface area contributed by atoms with Gasteiger partial charge in [-0.25, -0.2) is 0 Å². The van der Waals surface area contributed by atoms with E-state index in [0.717, 1.165) is 0 Å². The fourth-order valence-corrected chi connectivity index (χ4v) is 1.03. The van der Waals surface area contributed by atoms with E-state index in [2.05, 4.69) is 5.10 Å². The van der Waals surface area contributed by atoms with Crippen LogP contribution in [0.4, 0.5) is 0 Å². The van der Waals surface area contributed by atoms with Gasteiger partial charge in [0, 0.05) is 6.20 Å². The summed E-state index contributed by atoms with van der Waals surface area (Å²) < 4.78 is 1.57. The molecule has 13 heavy (non-hydrogen) atoms. The highest BCUT2D eigenvalue weighted by atomic mass is 16.3. The van der Waals surface area contributed by atoms with Crippen molar-refractivity contribution in [3.05, 3.63) is 18.0 Å². The van der Waals surface area contributed by atoms with Crippen LogP contribution in [0, 0.1) is 0 Å². The van der Waals surface area contributed by atoms with Crippen molar-refractivity contribution < 1.29 is 9.90 Å². The molecule has 1 heterocycles. The molecule has 0 aromatic carbocycles. The second-order valence-electron chi connectivity index (χ2n) is 3.80. The molecule has 0 fully saturated rings. The minimum absolute atomic E-state index is 0.0120. The van der Waals surface area contributed by atoms with Gasteiger partial charge in [0.2, 0.25) is 0 Å². The third-order valence-electron chi connectivity index (χ3n) is 1.59. The molecule has 4 nitrogen and oxygen atoms in total. The number of ketones is 1. The van der Waals surface area contributed by atoms with Gasteiger partial charge < -0.3 is 5.11 Å². The molecule has 1 N–H and O–H groups in total. The van der Waals surface area contributed by atoms with Gasteiger partial charge in [0.1, 0.15) is 0 Å². The first-order valence-corrected chi connectivity index (χ1v) is 4.14. The number of carbonyl (C=O) groups excluding carboxylic acids is 1.